The molecule has 0 aliphatic heterocycles. The standard InChI is InChI=1S/C11H22N2O2/c1-8(11(14)15-3)13(2)10-6-4-5-9(10)7-12/h8-10H,4-7,12H2,1-3H3. The monoisotopic (exact) mass is 214 g/mol. The molecule has 1 saturated carbocycles. The Morgan fingerprint density at radius 3 is 2.80 bits per heavy atom. The lowest BCUT2D eigenvalue weighted by Crippen LogP contribution is -2.46. The maximum atomic E-state index is 11.4. The third-order valence-corrected chi connectivity index (χ3v) is 3.60. The van der Waals surface area contributed by atoms with Gasteiger partial charge in [-0.3, -0.25) is 9.69 Å². The van der Waals surface area contributed by atoms with E-state index in [0.717, 1.165) is 6.42 Å². The Kier molecular flexibility index (Phi) is 4.54. The van der Waals surface area contributed by atoms with Gasteiger partial charge in [-0.2, -0.15) is 0 Å². The molecule has 0 radical (unpaired) electrons. The Hall–Kier alpha value is -0.610. The second-order valence-electron chi connectivity index (χ2n) is 4.36. The first-order valence-corrected chi connectivity index (χ1v) is 5.61. The molecule has 2 N–H and O–H groups in total. The quantitative estimate of drug-likeness (QED) is 0.697. The molecule has 1 fully saturated rings. The molecule has 0 aromatic heterocycles. The Bertz CT molecular complexity index is 221. The van der Waals surface area contributed by atoms with Crippen LogP contribution in [0.3, 0.4) is 0 Å². The molecule has 0 saturated heterocycles. The topological polar surface area (TPSA) is 55.6 Å². The van der Waals surface area contributed by atoms with Crippen LogP contribution in [0.25, 0.3) is 0 Å². The molecule has 1 aliphatic rings. The summed E-state index contributed by atoms with van der Waals surface area (Å²) in [5, 5.41) is 0. The normalized spacial score (nSPS) is 28.1. The van der Waals surface area contributed by atoms with Crippen LogP contribution in [0.1, 0.15) is 26.2 Å². The van der Waals surface area contributed by atoms with Crippen LogP contribution in [0.5, 0.6) is 0 Å². The number of ether oxygens (including phenoxy) is 1. The number of hydrogen-bond donors (Lipinski definition) is 1. The Labute approximate surface area is 91.8 Å². The first-order valence-electron chi connectivity index (χ1n) is 5.61. The van der Waals surface area contributed by atoms with Gasteiger partial charge in [0.1, 0.15) is 6.04 Å². The molecule has 15 heavy (non-hydrogen) atoms. The summed E-state index contributed by atoms with van der Waals surface area (Å²) >= 11 is 0. The minimum atomic E-state index is -0.174. The molecule has 4 heteroatoms. The summed E-state index contributed by atoms with van der Waals surface area (Å²) in [6.45, 7) is 2.60. The first-order chi connectivity index (χ1) is 7.11. The zero-order chi connectivity index (χ0) is 11.4. The van der Waals surface area contributed by atoms with E-state index >= 15 is 0 Å². The van der Waals surface area contributed by atoms with Crippen molar-refractivity contribution in [3.05, 3.63) is 0 Å². The second-order valence-corrected chi connectivity index (χ2v) is 4.36. The predicted octanol–water partition coefficient (Wildman–Crippen LogP) is 0.607. The van der Waals surface area contributed by atoms with Crippen molar-refractivity contribution in [1.29, 1.82) is 0 Å². The number of nitrogens with two attached hydrogens (primary N) is 1. The number of esters is 1. The molecule has 0 spiro atoms. The fourth-order valence-electron chi connectivity index (χ4n) is 2.45. The van der Waals surface area contributed by atoms with E-state index in [2.05, 4.69) is 4.90 Å². The zero-order valence-corrected chi connectivity index (χ0v) is 9.90. The average molecular weight is 214 g/mol. The second kappa shape index (κ2) is 5.47. The van der Waals surface area contributed by atoms with Crippen LogP contribution in [0.15, 0.2) is 0 Å². The Morgan fingerprint density at radius 2 is 2.27 bits per heavy atom. The van der Waals surface area contributed by atoms with Crippen molar-refractivity contribution >= 4 is 5.97 Å². The molecule has 88 valence electrons. The molecule has 1 rings (SSSR count). The summed E-state index contributed by atoms with van der Waals surface area (Å²) in [5.74, 6) is 0.363. The minimum Gasteiger partial charge on any atom is -0.468 e. The third-order valence-electron chi connectivity index (χ3n) is 3.60. The smallest absolute Gasteiger partial charge is 0.322 e. The fourth-order valence-corrected chi connectivity index (χ4v) is 2.45. The van der Waals surface area contributed by atoms with Crippen molar-refractivity contribution in [3.8, 4) is 0 Å². The van der Waals surface area contributed by atoms with Crippen LogP contribution in [0, 0.1) is 5.92 Å². The summed E-state index contributed by atoms with van der Waals surface area (Å²) in [7, 11) is 3.42. The Balaban J connectivity index is 2.58. The van der Waals surface area contributed by atoms with Crippen LogP contribution >= 0.6 is 0 Å². The van der Waals surface area contributed by atoms with Gasteiger partial charge in [0.05, 0.1) is 7.11 Å². The largest absolute Gasteiger partial charge is 0.468 e. The SMILES string of the molecule is COC(=O)C(C)N(C)C1CCCC1CN. The summed E-state index contributed by atoms with van der Waals surface area (Å²) in [4.78, 5) is 13.5. The summed E-state index contributed by atoms with van der Waals surface area (Å²) in [6.07, 6.45) is 3.53. The van der Waals surface area contributed by atoms with Crippen molar-refractivity contribution in [2.75, 3.05) is 20.7 Å². The molecule has 0 aromatic rings. The van der Waals surface area contributed by atoms with Crippen molar-refractivity contribution < 1.29 is 9.53 Å². The third kappa shape index (κ3) is 2.69. The number of likely N-dealkylation sites (N-methyl/N-ethyl adjacent to an activating group) is 1. The number of hydrogen-bond acceptors (Lipinski definition) is 4. The number of rotatable bonds is 4. The van der Waals surface area contributed by atoms with E-state index in [4.69, 9.17) is 10.5 Å². The van der Waals surface area contributed by atoms with E-state index in [-0.39, 0.29) is 12.0 Å². The maximum Gasteiger partial charge on any atom is 0.322 e. The minimum absolute atomic E-state index is 0.167. The van der Waals surface area contributed by atoms with Crippen molar-refractivity contribution in [1.82, 2.24) is 4.90 Å². The number of carbonyl (C=O) groups is 1. The first kappa shape index (κ1) is 12.5. The van der Waals surface area contributed by atoms with Crippen molar-refractivity contribution in [2.45, 2.75) is 38.3 Å². The molecule has 0 heterocycles. The molecule has 0 bridgehead atoms. The van der Waals surface area contributed by atoms with E-state index in [1.165, 1.54) is 20.0 Å². The molecule has 4 nitrogen and oxygen atoms in total. The fraction of sp³-hybridized carbons (Fsp3) is 0.909. The highest BCUT2D eigenvalue weighted by molar-refractivity contribution is 5.75. The van der Waals surface area contributed by atoms with Gasteiger partial charge in [-0.25, -0.2) is 0 Å². The van der Waals surface area contributed by atoms with E-state index in [1.807, 2.05) is 14.0 Å². The predicted molar refractivity (Wildman–Crippen MR) is 59.4 cm³/mol. The Morgan fingerprint density at radius 1 is 1.60 bits per heavy atom. The molecule has 0 amide bonds. The van der Waals surface area contributed by atoms with Gasteiger partial charge in [0.2, 0.25) is 0 Å². The lowest BCUT2D eigenvalue weighted by atomic mass is 10.0. The van der Waals surface area contributed by atoms with Crippen molar-refractivity contribution in [3.63, 3.8) is 0 Å². The van der Waals surface area contributed by atoms with Crippen LogP contribution in [0.4, 0.5) is 0 Å². The molecule has 1 aliphatic carbocycles. The molecule has 3 unspecified atom stereocenters. The molecular weight excluding hydrogens is 192 g/mol. The van der Waals surface area contributed by atoms with Gasteiger partial charge in [0.15, 0.2) is 0 Å². The van der Waals surface area contributed by atoms with Gasteiger partial charge < -0.3 is 10.5 Å². The summed E-state index contributed by atoms with van der Waals surface area (Å²) in [6, 6.07) is 0.260. The van der Waals surface area contributed by atoms with Gasteiger partial charge in [-0.15, -0.1) is 0 Å². The highest BCUT2D eigenvalue weighted by atomic mass is 16.5. The zero-order valence-electron chi connectivity index (χ0n) is 9.90. The average Bonchev–Trinajstić information content (AvgIpc) is 2.73. The number of methoxy groups -OCH3 is 1. The van der Waals surface area contributed by atoms with Crippen LogP contribution in [-0.4, -0.2) is 43.7 Å². The van der Waals surface area contributed by atoms with Crippen molar-refractivity contribution in [2.24, 2.45) is 11.7 Å². The maximum absolute atomic E-state index is 11.4. The van der Waals surface area contributed by atoms with E-state index < -0.39 is 0 Å². The van der Waals surface area contributed by atoms with Crippen LogP contribution in [0.2, 0.25) is 0 Å². The van der Waals surface area contributed by atoms with Gasteiger partial charge in [-0.05, 0) is 39.3 Å². The molecule has 3 atom stereocenters. The van der Waals surface area contributed by atoms with E-state index in [0.29, 0.717) is 18.5 Å². The lowest BCUT2D eigenvalue weighted by Gasteiger charge is -2.32. The van der Waals surface area contributed by atoms with E-state index in [1.54, 1.807) is 0 Å². The lowest BCUT2D eigenvalue weighted by molar-refractivity contribution is -0.146. The van der Waals surface area contributed by atoms with Crippen LogP contribution in [-0.2, 0) is 9.53 Å². The van der Waals surface area contributed by atoms with Crippen LogP contribution < -0.4 is 5.73 Å². The highest BCUT2D eigenvalue weighted by Crippen LogP contribution is 2.29. The van der Waals surface area contributed by atoms with Gasteiger partial charge in [-0.1, -0.05) is 6.42 Å². The highest BCUT2D eigenvalue weighted by Gasteiger charge is 2.33. The number of carbonyl (C=O) groups excluding carboxylic acids is 1. The van der Waals surface area contributed by atoms with Gasteiger partial charge in [0, 0.05) is 6.04 Å². The van der Waals surface area contributed by atoms with Gasteiger partial charge in [0.25, 0.3) is 0 Å². The van der Waals surface area contributed by atoms with Gasteiger partial charge >= 0.3 is 5.97 Å². The summed E-state index contributed by atoms with van der Waals surface area (Å²) in [5.41, 5.74) is 5.73. The molecule has 0 aromatic carbocycles. The summed E-state index contributed by atoms with van der Waals surface area (Å²) < 4.78 is 4.75. The molecular formula is C11H22N2O2. The van der Waals surface area contributed by atoms with E-state index in [9.17, 15) is 4.79 Å². The number of nitrogens with zero attached hydrogens (tertiary/aromatic N) is 1.